The predicted molar refractivity (Wildman–Crippen MR) is 157 cm³/mol. The van der Waals surface area contributed by atoms with Crippen LogP contribution in [0.25, 0.3) is 17.4 Å². The van der Waals surface area contributed by atoms with E-state index in [0.29, 0.717) is 49.2 Å². The number of benzene rings is 2. The molecule has 1 aliphatic rings. The number of carbonyl (C=O) groups is 1. The lowest BCUT2D eigenvalue weighted by Crippen LogP contribution is -2.40. The van der Waals surface area contributed by atoms with Crippen LogP contribution < -0.4 is 29.1 Å². The number of rotatable bonds is 9. The Morgan fingerprint density at radius 1 is 1.09 bits per heavy atom. The minimum atomic E-state index is -0.904. The molecule has 0 fully saturated rings. The Bertz CT molecular complexity index is 1950. The van der Waals surface area contributed by atoms with Gasteiger partial charge < -0.3 is 23.4 Å². The van der Waals surface area contributed by atoms with Crippen molar-refractivity contribution in [3.63, 3.8) is 0 Å². The van der Waals surface area contributed by atoms with E-state index in [1.807, 2.05) is 0 Å². The number of methoxy groups -OCH3 is 3. The molecule has 222 valence electrons. The van der Waals surface area contributed by atoms with E-state index in [9.17, 15) is 19.7 Å². The van der Waals surface area contributed by atoms with Crippen molar-refractivity contribution in [1.29, 1.82) is 0 Å². The monoisotopic (exact) mass is 605 g/mol. The Morgan fingerprint density at radius 3 is 2.53 bits per heavy atom. The Labute approximate surface area is 248 Å². The van der Waals surface area contributed by atoms with Crippen LogP contribution in [0.2, 0.25) is 0 Å². The quantitative estimate of drug-likeness (QED) is 0.157. The van der Waals surface area contributed by atoms with Crippen molar-refractivity contribution in [2.24, 2.45) is 4.99 Å². The molecule has 0 radical (unpaired) electrons. The number of esters is 1. The predicted octanol–water partition coefficient (Wildman–Crippen LogP) is 3.99. The van der Waals surface area contributed by atoms with Gasteiger partial charge in [-0.2, -0.15) is 0 Å². The second kappa shape index (κ2) is 12.0. The number of nitro benzene ring substituents is 1. The number of hydrogen-bond acceptors (Lipinski definition) is 11. The topological polar surface area (TPSA) is 145 Å². The van der Waals surface area contributed by atoms with Gasteiger partial charge in [-0.15, -0.1) is 0 Å². The molecule has 0 amide bonds. The number of allylic oxidation sites excluding steroid dienone is 1. The van der Waals surface area contributed by atoms with Crippen molar-refractivity contribution in [2.45, 2.75) is 19.9 Å². The maximum Gasteiger partial charge on any atom is 0.338 e. The van der Waals surface area contributed by atoms with E-state index >= 15 is 0 Å². The highest BCUT2D eigenvalue weighted by atomic mass is 32.1. The third-order valence-corrected chi connectivity index (χ3v) is 7.79. The molecule has 43 heavy (non-hydrogen) atoms. The summed E-state index contributed by atoms with van der Waals surface area (Å²) >= 11 is 1.14. The van der Waals surface area contributed by atoms with Gasteiger partial charge in [0.05, 0.1) is 60.3 Å². The zero-order chi connectivity index (χ0) is 30.8. The fourth-order valence-corrected chi connectivity index (χ4v) is 5.87. The van der Waals surface area contributed by atoms with Crippen LogP contribution in [0.1, 0.15) is 31.2 Å². The zero-order valence-electron chi connectivity index (χ0n) is 23.9. The van der Waals surface area contributed by atoms with E-state index in [4.69, 9.17) is 23.4 Å². The standard InChI is InChI=1S/C30H27N3O9S/c1-6-41-29(35)26-16(2)31-30-32(27(26)21-14-18(38-3)8-11-22(21)39-4)28(34)25(43-30)15-19-9-12-23(42-19)20-10-7-17(33(36)37)13-24(20)40-5/h7-15,27H,6H2,1-5H3/b25-15+/t27-/m1/s1. The molecule has 1 aliphatic heterocycles. The third-order valence-electron chi connectivity index (χ3n) is 6.81. The maximum atomic E-state index is 14.0. The van der Waals surface area contributed by atoms with Gasteiger partial charge in [0.2, 0.25) is 0 Å². The summed E-state index contributed by atoms with van der Waals surface area (Å²) in [6.07, 6.45) is 1.58. The summed E-state index contributed by atoms with van der Waals surface area (Å²) in [5.41, 5.74) is 1.13. The zero-order valence-corrected chi connectivity index (χ0v) is 24.7. The molecule has 2 aromatic carbocycles. The van der Waals surface area contributed by atoms with Crippen LogP contribution in [0.5, 0.6) is 17.2 Å². The summed E-state index contributed by atoms with van der Waals surface area (Å²) in [4.78, 5) is 42.8. The largest absolute Gasteiger partial charge is 0.497 e. The smallest absolute Gasteiger partial charge is 0.338 e. The molecule has 0 bridgehead atoms. The highest BCUT2D eigenvalue weighted by molar-refractivity contribution is 7.07. The second-order valence-electron chi connectivity index (χ2n) is 9.25. The van der Waals surface area contributed by atoms with E-state index in [2.05, 4.69) is 4.99 Å². The molecular weight excluding hydrogens is 578 g/mol. The van der Waals surface area contributed by atoms with E-state index in [1.54, 1.807) is 50.3 Å². The van der Waals surface area contributed by atoms with Gasteiger partial charge in [0.15, 0.2) is 4.80 Å². The first kappa shape index (κ1) is 29.3. The van der Waals surface area contributed by atoms with Crippen molar-refractivity contribution < 1.29 is 33.1 Å². The fraction of sp³-hybridized carbons (Fsp3) is 0.233. The van der Waals surface area contributed by atoms with Gasteiger partial charge in [-0.05, 0) is 50.2 Å². The molecule has 4 aromatic rings. The van der Waals surface area contributed by atoms with Gasteiger partial charge in [-0.25, -0.2) is 9.79 Å². The molecule has 5 rings (SSSR count). The molecule has 0 saturated carbocycles. The lowest BCUT2D eigenvalue weighted by molar-refractivity contribution is -0.384. The number of furan rings is 1. The number of non-ortho nitro benzene ring substituents is 1. The van der Waals surface area contributed by atoms with Crippen LogP contribution >= 0.6 is 11.3 Å². The van der Waals surface area contributed by atoms with Gasteiger partial charge >= 0.3 is 5.97 Å². The first-order valence-electron chi connectivity index (χ1n) is 13.0. The van der Waals surface area contributed by atoms with Gasteiger partial charge in [0.1, 0.15) is 34.8 Å². The lowest BCUT2D eigenvalue weighted by Gasteiger charge is -2.26. The fourth-order valence-electron chi connectivity index (χ4n) is 4.84. The summed E-state index contributed by atoms with van der Waals surface area (Å²) < 4.78 is 29.5. The molecule has 0 unspecified atom stereocenters. The highest BCUT2D eigenvalue weighted by Gasteiger charge is 2.35. The summed E-state index contributed by atoms with van der Waals surface area (Å²) in [6, 6.07) is 11.8. The van der Waals surface area contributed by atoms with Crippen molar-refractivity contribution in [1.82, 2.24) is 4.57 Å². The van der Waals surface area contributed by atoms with E-state index in [0.717, 1.165) is 11.3 Å². The van der Waals surface area contributed by atoms with Crippen molar-refractivity contribution >= 4 is 29.1 Å². The Balaban J connectivity index is 1.66. The first-order valence-corrected chi connectivity index (χ1v) is 13.9. The average molecular weight is 606 g/mol. The third kappa shape index (κ3) is 5.42. The number of nitrogens with zero attached hydrogens (tertiary/aromatic N) is 3. The Kier molecular flexibility index (Phi) is 8.17. The molecule has 3 heterocycles. The summed E-state index contributed by atoms with van der Waals surface area (Å²) in [5, 5.41) is 11.2. The molecule has 2 aromatic heterocycles. The maximum absolute atomic E-state index is 14.0. The summed E-state index contributed by atoms with van der Waals surface area (Å²) in [5.74, 6) is 1.39. The van der Waals surface area contributed by atoms with E-state index in [-0.39, 0.29) is 23.6 Å². The van der Waals surface area contributed by atoms with Crippen molar-refractivity contribution in [2.75, 3.05) is 27.9 Å². The molecule has 1 atom stereocenters. The van der Waals surface area contributed by atoms with Crippen LogP contribution in [-0.4, -0.2) is 43.4 Å². The second-order valence-corrected chi connectivity index (χ2v) is 10.3. The summed E-state index contributed by atoms with van der Waals surface area (Å²) in [7, 11) is 4.44. The van der Waals surface area contributed by atoms with Gasteiger partial charge in [0.25, 0.3) is 11.2 Å². The van der Waals surface area contributed by atoms with Crippen LogP contribution in [0.15, 0.2) is 74.0 Å². The molecule has 0 saturated heterocycles. The number of carbonyl (C=O) groups excluding carboxylic acids is 1. The van der Waals surface area contributed by atoms with Crippen LogP contribution in [0, 0.1) is 10.1 Å². The SMILES string of the molecule is CCOC(=O)C1=C(C)N=c2s/c(=C/c3ccc(-c4ccc([N+](=O)[O-])cc4OC)o3)c(=O)n2[C@@H]1c1cc(OC)ccc1OC. The Morgan fingerprint density at radius 2 is 1.86 bits per heavy atom. The number of thiazole rings is 1. The molecule has 0 spiro atoms. The lowest BCUT2D eigenvalue weighted by atomic mass is 9.95. The Hall–Kier alpha value is -5.17. The van der Waals surface area contributed by atoms with Gasteiger partial charge in [-0.1, -0.05) is 11.3 Å². The first-order chi connectivity index (χ1) is 20.7. The number of nitro groups is 1. The molecule has 13 heteroatoms. The number of hydrogen-bond donors (Lipinski definition) is 0. The average Bonchev–Trinajstić information content (AvgIpc) is 3.59. The molecule has 0 N–H and O–H groups in total. The normalized spacial score (nSPS) is 14.6. The van der Waals surface area contributed by atoms with Gasteiger partial charge in [0, 0.05) is 17.7 Å². The number of aromatic nitrogens is 1. The minimum Gasteiger partial charge on any atom is -0.497 e. The van der Waals surface area contributed by atoms with Crippen LogP contribution in [0.4, 0.5) is 5.69 Å². The minimum absolute atomic E-state index is 0.117. The molecule has 12 nitrogen and oxygen atoms in total. The van der Waals surface area contributed by atoms with E-state index in [1.165, 1.54) is 44.1 Å². The highest BCUT2D eigenvalue weighted by Crippen LogP contribution is 2.38. The number of ether oxygens (including phenoxy) is 4. The van der Waals surface area contributed by atoms with Crippen LogP contribution in [-0.2, 0) is 9.53 Å². The van der Waals surface area contributed by atoms with Crippen LogP contribution in [0.3, 0.4) is 0 Å². The van der Waals surface area contributed by atoms with Gasteiger partial charge in [-0.3, -0.25) is 19.5 Å². The van der Waals surface area contributed by atoms with E-state index < -0.39 is 22.5 Å². The van der Waals surface area contributed by atoms with Crippen molar-refractivity contribution in [3.8, 4) is 28.6 Å². The summed E-state index contributed by atoms with van der Waals surface area (Å²) in [6.45, 7) is 3.54. The molecular formula is C30H27N3O9S. The molecule has 0 aliphatic carbocycles. The van der Waals surface area contributed by atoms with Crippen molar-refractivity contribution in [3.05, 3.63) is 101 Å². The number of fused-ring (bicyclic) bond motifs is 1.